The minimum absolute atomic E-state index is 0.0820. The van der Waals surface area contributed by atoms with Crippen LogP contribution in [0.4, 0.5) is 4.39 Å². The van der Waals surface area contributed by atoms with Crippen molar-refractivity contribution in [3.05, 3.63) is 33.5 Å². The number of halogens is 2. The highest BCUT2D eigenvalue weighted by atomic mass is 35.5. The minimum atomic E-state index is -4.42. The van der Waals surface area contributed by atoms with Crippen molar-refractivity contribution in [2.24, 2.45) is 5.73 Å². The minimum Gasteiger partial charge on any atom is -0.355 e. The smallest absolute Gasteiger partial charge is 0.295 e. The molecule has 0 fully saturated rings. The van der Waals surface area contributed by atoms with Gasteiger partial charge in [-0.1, -0.05) is 11.6 Å². The van der Waals surface area contributed by atoms with Crippen LogP contribution in [-0.4, -0.2) is 30.1 Å². The van der Waals surface area contributed by atoms with Gasteiger partial charge in [-0.05, 0) is 55.5 Å². The summed E-state index contributed by atoms with van der Waals surface area (Å²) in [6.45, 7) is 3.29. The van der Waals surface area contributed by atoms with E-state index >= 15 is 0 Å². The third-order valence-electron chi connectivity index (χ3n) is 4.45. The molecule has 1 aromatic rings. The van der Waals surface area contributed by atoms with Gasteiger partial charge in [0, 0.05) is 18.2 Å². The highest BCUT2D eigenvalue weighted by Gasteiger charge is 2.33. The van der Waals surface area contributed by atoms with Crippen LogP contribution in [0.15, 0.2) is 16.1 Å². The van der Waals surface area contributed by atoms with E-state index in [-0.39, 0.29) is 29.2 Å². The molecule has 2 aliphatic rings. The second-order valence-corrected chi connectivity index (χ2v) is 8.77. The maximum Gasteiger partial charge on any atom is 0.295 e. The highest BCUT2D eigenvalue weighted by molar-refractivity contribution is 7.86. The maximum atomic E-state index is 14.0. The Kier molecular flexibility index (Phi) is 4.19. The molecule has 0 saturated heterocycles. The van der Waals surface area contributed by atoms with Gasteiger partial charge in [-0.2, -0.15) is 8.42 Å². The van der Waals surface area contributed by atoms with Crippen molar-refractivity contribution >= 4 is 27.8 Å². The molecule has 1 atom stereocenters. The standard InChI is InChI=1S/C16H20ClFN2O3S/c1-16(2,18)8-20-7-12-9-3-4-13(19)10(9)5-14(24(21,22)23)11(12)6-15(20)17/h5-6,13H,3-4,7-8,19H2,1-2H3,(H,21,22,23). The first kappa shape index (κ1) is 17.7. The van der Waals surface area contributed by atoms with E-state index in [1.807, 2.05) is 0 Å². The number of nitrogens with two attached hydrogens (primary N) is 1. The fourth-order valence-electron chi connectivity index (χ4n) is 3.49. The Balaban J connectivity index is 2.19. The molecule has 0 aromatic heterocycles. The Morgan fingerprint density at radius 1 is 1.46 bits per heavy atom. The summed E-state index contributed by atoms with van der Waals surface area (Å²) in [5, 5.41) is 0.250. The molecule has 132 valence electrons. The highest BCUT2D eigenvalue weighted by Crippen LogP contribution is 2.41. The van der Waals surface area contributed by atoms with E-state index in [0.717, 1.165) is 23.1 Å². The third kappa shape index (κ3) is 3.18. The molecule has 5 nitrogen and oxygen atoms in total. The molecule has 8 heteroatoms. The first-order chi connectivity index (χ1) is 11.0. The summed E-state index contributed by atoms with van der Waals surface area (Å²) in [7, 11) is -4.42. The zero-order valence-electron chi connectivity index (χ0n) is 13.5. The van der Waals surface area contributed by atoms with Crippen LogP contribution in [0.1, 0.15) is 48.6 Å². The number of hydrogen-bond donors (Lipinski definition) is 2. The van der Waals surface area contributed by atoms with Gasteiger partial charge < -0.3 is 10.6 Å². The van der Waals surface area contributed by atoms with Crippen molar-refractivity contribution in [3.63, 3.8) is 0 Å². The summed E-state index contributed by atoms with van der Waals surface area (Å²) in [6, 6.07) is 1.18. The van der Waals surface area contributed by atoms with Crippen LogP contribution in [0.5, 0.6) is 0 Å². The lowest BCUT2D eigenvalue weighted by atomic mass is 9.94. The molecule has 0 amide bonds. The monoisotopic (exact) mass is 374 g/mol. The Hall–Kier alpha value is -1.15. The Bertz CT molecular complexity index is 831. The van der Waals surface area contributed by atoms with Gasteiger partial charge in [0.15, 0.2) is 0 Å². The van der Waals surface area contributed by atoms with Crippen molar-refractivity contribution in [1.82, 2.24) is 4.90 Å². The van der Waals surface area contributed by atoms with Crippen molar-refractivity contribution < 1.29 is 17.4 Å². The van der Waals surface area contributed by atoms with Gasteiger partial charge in [-0.3, -0.25) is 4.55 Å². The lowest BCUT2D eigenvalue weighted by Crippen LogP contribution is -2.35. The summed E-state index contributed by atoms with van der Waals surface area (Å²) >= 11 is 6.24. The molecule has 1 unspecified atom stereocenters. The zero-order chi connectivity index (χ0) is 17.9. The van der Waals surface area contributed by atoms with E-state index in [9.17, 15) is 17.4 Å². The molecule has 0 bridgehead atoms. The number of alkyl halides is 1. The lowest BCUT2D eigenvalue weighted by Gasteiger charge is -2.34. The number of benzene rings is 1. The van der Waals surface area contributed by atoms with E-state index in [1.54, 1.807) is 4.90 Å². The number of hydrogen-bond acceptors (Lipinski definition) is 4. The predicted octanol–water partition coefficient (Wildman–Crippen LogP) is 2.98. The van der Waals surface area contributed by atoms with Crippen LogP contribution >= 0.6 is 11.6 Å². The molecule has 0 saturated carbocycles. The van der Waals surface area contributed by atoms with Crippen LogP contribution in [0.3, 0.4) is 0 Å². The van der Waals surface area contributed by atoms with Crippen LogP contribution < -0.4 is 5.73 Å². The fraction of sp³-hybridized carbons (Fsp3) is 0.500. The second kappa shape index (κ2) is 5.69. The SMILES string of the molecule is CC(C)(F)CN1Cc2c(c(S(=O)(=O)O)cc3c2CCC3N)C=C1Cl. The molecule has 1 aliphatic carbocycles. The summed E-state index contributed by atoms with van der Waals surface area (Å²) in [4.78, 5) is 1.48. The number of rotatable bonds is 3. The quantitative estimate of drug-likeness (QED) is 0.627. The Labute approximate surface area is 146 Å². The Morgan fingerprint density at radius 3 is 2.71 bits per heavy atom. The molecule has 1 aromatic carbocycles. The largest absolute Gasteiger partial charge is 0.355 e. The van der Waals surface area contributed by atoms with Gasteiger partial charge in [-0.15, -0.1) is 0 Å². The summed E-state index contributed by atoms with van der Waals surface area (Å²) in [5.74, 6) is 0. The molecule has 3 rings (SSSR count). The average Bonchev–Trinajstić information content (AvgIpc) is 2.78. The number of fused-ring (bicyclic) bond motifs is 3. The van der Waals surface area contributed by atoms with Crippen molar-refractivity contribution in [1.29, 1.82) is 0 Å². The van der Waals surface area contributed by atoms with Gasteiger partial charge in [-0.25, -0.2) is 4.39 Å². The van der Waals surface area contributed by atoms with Gasteiger partial charge in [0.05, 0.1) is 6.54 Å². The summed E-state index contributed by atoms with van der Waals surface area (Å²) in [6.07, 6.45) is 2.92. The molecule has 24 heavy (non-hydrogen) atoms. The number of nitrogens with zero attached hydrogens (tertiary/aromatic N) is 1. The van der Waals surface area contributed by atoms with Crippen LogP contribution in [-0.2, 0) is 23.1 Å². The Morgan fingerprint density at radius 2 is 2.12 bits per heavy atom. The van der Waals surface area contributed by atoms with Crippen LogP contribution in [0.2, 0.25) is 0 Å². The van der Waals surface area contributed by atoms with E-state index in [0.29, 0.717) is 12.0 Å². The van der Waals surface area contributed by atoms with E-state index in [2.05, 4.69) is 0 Å². The van der Waals surface area contributed by atoms with Crippen molar-refractivity contribution in [2.45, 2.75) is 49.8 Å². The normalized spacial score (nSPS) is 20.7. The maximum absolute atomic E-state index is 14.0. The molecule has 0 spiro atoms. The van der Waals surface area contributed by atoms with Gasteiger partial charge in [0.25, 0.3) is 10.1 Å². The molecule has 0 radical (unpaired) electrons. The van der Waals surface area contributed by atoms with Crippen molar-refractivity contribution in [3.8, 4) is 0 Å². The van der Waals surface area contributed by atoms with Crippen molar-refractivity contribution in [2.75, 3.05) is 6.54 Å². The predicted molar refractivity (Wildman–Crippen MR) is 90.9 cm³/mol. The molecular weight excluding hydrogens is 355 g/mol. The van der Waals surface area contributed by atoms with Crippen LogP contribution in [0, 0.1) is 0 Å². The van der Waals surface area contributed by atoms with Crippen LogP contribution in [0.25, 0.3) is 6.08 Å². The van der Waals surface area contributed by atoms with E-state index < -0.39 is 15.8 Å². The fourth-order valence-corrected chi connectivity index (χ4v) is 4.45. The first-order valence-corrected chi connectivity index (χ1v) is 9.52. The summed E-state index contributed by atoms with van der Waals surface area (Å²) < 4.78 is 47.2. The first-order valence-electron chi connectivity index (χ1n) is 7.70. The average molecular weight is 375 g/mol. The molecule has 1 aliphatic heterocycles. The lowest BCUT2D eigenvalue weighted by molar-refractivity contribution is 0.148. The summed E-state index contributed by atoms with van der Waals surface area (Å²) in [5.41, 5.74) is 7.45. The second-order valence-electron chi connectivity index (χ2n) is 7.00. The van der Waals surface area contributed by atoms with E-state index in [1.165, 1.54) is 26.0 Å². The third-order valence-corrected chi connectivity index (χ3v) is 5.70. The van der Waals surface area contributed by atoms with Gasteiger partial charge >= 0.3 is 0 Å². The van der Waals surface area contributed by atoms with Gasteiger partial charge in [0.2, 0.25) is 0 Å². The molecular formula is C16H20ClFN2O3S. The zero-order valence-corrected chi connectivity index (χ0v) is 15.1. The topological polar surface area (TPSA) is 83.6 Å². The molecule has 3 N–H and O–H groups in total. The molecule has 1 heterocycles. The van der Waals surface area contributed by atoms with Gasteiger partial charge in [0.1, 0.15) is 15.7 Å². The van der Waals surface area contributed by atoms with E-state index in [4.69, 9.17) is 17.3 Å².